The van der Waals surface area contributed by atoms with E-state index in [0.717, 1.165) is 12.8 Å². The van der Waals surface area contributed by atoms with Crippen LogP contribution in [-0.2, 0) is 14.6 Å². The predicted octanol–water partition coefficient (Wildman–Crippen LogP) is 1.06. The molecule has 0 aliphatic carbocycles. The lowest BCUT2D eigenvalue weighted by Gasteiger charge is -2.34. The highest BCUT2D eigenvalue weighted by Crippen LogP contribution is 2.19. The van der Waals surface area contributed by atoms with Crippen molar-refractivity contribution in [2.75, 3.05) is 24.6 Å². The molecule has 1 aliphatic heterocycles. The molecule has 7 heteroatoms. The Bertz CT molecular complexity index is 410. The first-order valence-electron chi connectivity index (χ1n) is 6.95. The molecule has 1 amide bonds. The van der Waals surface area contributed by atoms with E-state index in [0.29, 0.717) is 13.1 Å². The lowest BCUT2D eigenvalue weighted by Crippen LogP contribution is -2.47. The summed E-state index contributed by atoms with van der Waals surface area (Å²) in [6.07, 6.45) is 1.92. The number of rotatable bonds is 5. The number of halogens is 1. The average Bonchev–Trinajstić information content (AvgIpc) is 2.26. The van der Waals surface area contributed by atoms with Gasteiger partial charge in [0.2, 0.25) is 5.91 Å². The van der Waals surface area contributed by atoms with E-state index in [4.69, 9.17) is 5.73 Å². The lowest BCUT2D eigenvalue weighted by molar-refractivity contribution is -0.130. The highest BCUT2D eigenvalue weighted by Gasteiger charge is 2.28. The quantitative estimate of drug-likeness (QED) is 0.819. The maximum Gasteiger partial charge on any atom is 0.237 e. The molecule has 2 atom stereocenters. The third-order valence-corrected chi connectivity index (χ3v) is 5.35. The number of piperidine rings is 1. The second-order valence-electron chi connectivity index (χ2n) is 6.05. The van der Waals surface area contributed by atoms with Crippen LogP contribution in [0.4, 0.5) is 0 Å². The molecule has 2 N–H and O–H groups in total. The second-order valence-corrected chi connectivity index (χ2v) is 8.16. The van der Waals surface area contributed by atoms with Crippen molar-refractivity contribution in [3.63, 3.8) is 0 Å². The fourth-order valence-electron chi connectivity index (χ4n) is 2.51. The normalized spacial score (nSPS) is 21.4. The van der Waals surface area contributed by atoms with E-state index in [9.17, 15) is 13.2 Å². The molecule has 0 bridgehead atoms. The van der Waals surface area contributed by atoms with E-state index in [1.54, 1.807) is 4.90 Å². The summed E-state index contributed by atoms with van der Waals surface area (Å²) >= 11 is 0. The summed E-state index contributed by atoms with van der Waals surface area (Å²) in [6.45, 7) is 6.87. The molecule has 0 aromatic heterocycles. The van der Waals surface area contributed by atoms with Gasteiger partial charge in [-0.1, -0.05) is 13.8 Å². The van der Waals surface area contributed by atoms with Crippen LogP contribution in [0.2, 0.25) is 0 Å². The Balaban J connectivity index is 0.00000361. The summed E-state index contributed by atoms with van der Waals surface area (Å²) in [7, 11) is -3.29. The molecule has 1 saturated heterocycles. The first-order chi connectivity index (χ1) is 8.71. The van der Waals surface area contributed by atoms with Gasteiger partial charge in [0.25, 0.3) is 0 Å². The van der Waals surface area contributed by atoms with Crippen molar-refractivity contribution in [1.82, 2.24) is 4.90 Å². The summed E-state index contributed by atoms with van der Waals surface area (Å²) in [6, 6.07) is 0.0443. The van der Waals surface area contributed by atoms with Crippen molar-refractivity contribution in [2.24, 2.45) is 17.6 Å². The first kappa shape index (κ1) is 19.7. The van der Waals surface area contributed by atoms with Gasteiger partial charge in [0, 0.05) is 19.1 Å². The van der Waals surface area contributed by atoms with Crippen LogP contribution < -0.4 is 5.73 Å². The first-order valence-corrected chi connectivity index (χ1v) is 8.77. The van der Waals surface area contributed by atoms with Crippen LogP contribution >= 0.6 is 12.4 Å². The third-order valence-electron chi connectivity index (χ3n) is 3.48. The standard InChI is InChI=1S/C13H26N2O3S.ClH/c1-10(2)8-19(17,18)9-13(16)15-6-4-5-12(7-15)11(3)14;/h10-12H,4-9,14H2,1-3H3;1H. The molecule has 1 fully saturated rings. The van der Waals surface area contributed by atoms with E-state index < -0.39 is 9.84 Å². The number of nitrogens with zero attached hydrogens (tertiary/aromatic N) is 1. The van der Waals surface area contributed by atoms with Crippen molar-refractivity contribution < 1.29 is 13.2 Å². The zero-order valence-electron chi connectivity index (χ0n) is 12.5. The molecule has 1 heterocycles. The summed E-state index contributed by atoms with van der Waals surface area (Å²) in [4.78, 5) is 13.7. The maximum atomic E-state index is 12.1. The van der Waals surface area contributed by atoms with Crippen LogP contribution in [0.5, 0.6) is 0 Å². The van der Waals surface area contributed by atoms with Gasteiger partial charge in [-0.25, -0.2) is 8.42 Å². The zero-order chi connectivity index (χ0) is 14.6. The molecule has 120 valence electrons. The molecule has 1 rings (SSSR count). The van der Waals surface area contributed by atoms with Gasteiger partial charge in [-0.3, -0.25) is 4.79 Å². The Morgan fingerprint density at radius 2 is 1.95 bits per heavy atom. The van der Waals surface area contributed by atoms with Crippen LogP contribution in [0.25, 0.3) is 0 Å². The minimum atomic E-state index is -3.29. The van der Waals surface area contributed by atoms with Crippen LogP contribution in [0.1, 0.15) is 33.6 Å². The Kier molecular flexibility index (Phi) is 8.06. The fourth-order valence-corrected chi connectivity index (χ4v) is 4.20. The van der Waals surface area contributed by atoms with E-state index in [2.05, 4.69) is 0 Å². The molecule has 0 radical (unpaired) electrons. The van der Waals surface area contributed by atoms with Gasteiger partial charge in [-0.05, 0) is 31.6 Å². The van der Waals surface area contributed by atoms with Gasteiger partial charge in [-0.2, -0.15) is 0 Å². The molecule has 5 nitrogen and oxygen atoms in total. The number of hydrogen-bond donors (Lipinski definition) is 1. The maximum absolute atomic E-state index is 12.1. The van der Waals surface area contributed by atoms with Gasteiger partial charge in [0.05, 0.1) is 5.75 Å². The topological polar surface area (TPSA) is 80.5 Å². The largest absolute Gasteiger partial charge is 0.341 e. The minimum Gasteiger partial charge on any atom is -0.341 e. The van der Waals surface area contributed by atoms with Gasteiger partial charge >= 0.3 is 0 Å². The fraction of sp³-hybridized carbons (Fsp3) is 0.923. The molecule has 0 aromatic rings. The minimum absolute atomic E-state index is 0. The number of likely N-dealkylation sites (tertiary alicyclic amines) is 1. The van der Waals surface area contributed by atoms with Crippen LogP contribution in [0.15, 0.2) is 0 Å². The van der Waals surface area contributed by atoms with Gasteiger partial charge in [-0.15, -0.1) is 12.4 Å². The van der Waals surface area contributed by atoms with E-state index in [1.165, 1.54) is 0 Å². The Morgan fingerprint density at radius 3 is 2.45 bits per heavy atom. The molecule has 1 aliphatic rings. The molecule has 0 aromatic carbocycles. The van der Waals surface area contributed by atoms with Crippen molar-refractivity contribution in [3.05, 3.63) is 0 Å². The lowest BCUT2D eigenvalue weighted by atomic mass is 9.92. The smallest absolute Gasteiger partial charge is 0.237 e. The number of carbonyl (C=O) groups excluding carboxylic acids is 1. The van der Waals surface area contributed by atoms with Crippen molar-refractivity contribution >= 4 is 28.2 Å². The monoisotopic (exact) mass is 326 g/mol. The summed E-state index contributed by atoms with van der Waals surface area (Å²) < 4.78 is 23.7. The Labute approximate surface area is 128 Å². The zero-order valence-corrected chi connectivity index (χ0v) is 14.2. The molecular formula is C13H27ClN2O3S. The summed E-state index contributed by atoms with van der Waals surface area (Å²) in [5.41, 5.74) is 5.87. The van der Waals surface area contributed by atoms with Crippen molar-refractivity contribution in [1.29, 1.82) is 0 Å². The third kappa shape index (κ3) is 6.41. The highest BCUT2D eigenvalue weighted by molar-refractivity contribution is 7.92. The summed E-state index contributed by atoms with van der Waals surface area (Å²) in [5, 5.41) is 0. The van der Waals surface area contributed by atoms with E-state index in [1.807, 2.05) is 20.8 Å². The van der Waals surface area contributed by atoms with Gasteiger partial charge in [0.1, 0.15) is 5.75 Å². The number of nitrogens with two attached hydrogens (primary N) is 1. The SMILES string of the molecule is CC(C)CS(=O)(=O)CC(=O)N1CCCC(C(C)N)C1.Cl. The molecular weight excluding hydrogens is 300 g/mol. The van der Waals surface area contributed by atoms with Gasteiger partial charge in [0.15, 0.2) is 9.84 Å². The van der Waals surface area contributed by atoms with Crippen LogP contribution in [0.3, 0.4) is 0 Å². The average molecular weight is 327 g/mol. The number of hydrogen-bond acceptors (Lipinski definition) is 4. The molecule has 0 spiro atoms. The van der Waals surface area contributed by atoms with Crippen molar-refractivity contribution in [3.8, 4) is 0 Å². The Hall–Kier alpha value is -0.330. The molecule has 2 unspecified atom stereocenters. The van der Waals surface area contributed by atoms with Crippen LogP contribution in [0, 0.1) is 11.8 Å². The Morgan fingerprint density at radius 1 is 1.35 bits per heavy atom. The number of amides is 1. The number of carbonyl (C=O) groups is 1. The predicted molar refractivity (Wildman–Crippen MR) is 83.7 cm³/mol. The summed E-state index contributed by atoms with van der Waals surface area (Å²) in [5.74, 6) is -0.229. The second kappa shape index (κ2) is 8.20. The van der Waals surface area contributed by atoms with Crippen molar-refractivity contribution in [2.45, 2.75) is 39.7 Å². The van der Waals surface area contributed by atoms with Gasteiger partial charge < -0.3 is 10.6 Å². The molecule has 0 saturated carbocycles. The number of sulfone groups is 1. The highest BCUT2D eigenvalue weighted by atomic mass is 35.5. The van der Waals surface area contributed by atoms with E-state index in [-0.39, 0.29) is 47.7 Å². The van der Waals surface area contributed by atoms with E-state index >= 15 is 0 Å². The van der Waals surface area contributed by atoms with Crippen LogP contribution in [-0.4, -0.2) is 49.9 Å². The molecule has 20 heavy (non-hydrogen) atoms.